The Morgan fingerprint density at radius 2 is 1.66 bits per heavy atom. The van der Waals surface area contributed by atoms with Crippen LogP contribution in [0, 0.1) is 5.92 Å². The van der Waals surface area contributed by atoms with Crippen molar-refractivity contribution in [3.63, 3.8) is 0 Å². The summed E-state index contributed by atoms with van der Waals surface area (Å²) in [6, 6.07) is 24.7. The lowest BCUT2D eigenvalue weighted by Gasteiger charge is -2.12. The second-order valence-electron chi connectivity index (χ2n) is 7.75. The summed E-state index contributed by atoms with van der Waals surface area (Å²) >= 11 is 5.28. The largest absolute Gasteiger partial charge is 0.493 e. The molecule has 0 aliphatic heterocycles. The van der Waals surface area contributed by atoms with E-state index in [0.29, 0.717) is 30.4 Å². The molecule has 5 nitrogen and oxygen atoms in total. The fraction of sp³-hybridized carbons (Fsp3) is 0.231. The standard InChI is InChI=1S/C26H28N2O3S/c1-19(2)18-31-24-10-6-9-21(17-24)25(29)28-26(32)27-22-11-13-23(14-12-22)30-16-15-20-7-4-3-5-8-20/h3-14,17,19H,15-16,18H2,1-2H3,(H2,27,28,29,32). The van der Waals surface area contributed by atoms with Crippen LogP contribution >= 0.6 is 12.2 Å². The number of amides is 1. The average molecular weight is 449 g/mol. The number of benzene rings is 3. The molecule has 0 bridgehead atoms. The van der Waals surface area contributed by atoms with Crippen LogP contribution in [0.4, 0.5) is 5.69 Å². The van der Waals surface area contributed by atoms with Gasteiger partial charge in [-0.15, -0.1) is 0 Å². The van der Waals surface area contributed by atoms with Crippen molar-refractivity contribution in [2.75, 3.05) is 18.5 Å². The van der Waals surface area contributed by atoms with Gasteiger partial charge in [-0.05, 0) is 66.2 Å². The van der Waals surface area contributed by atoms with Gasteiger partial charge >= 0.3 is 0 Å². The van der Waals surface area contributed by atoms with Gasteiger partial charge in [0.1, 0.15) is 11.5 Å². The molecule has 0 saturated heterocycles. The summed E-state index contributed by atoms with van der Waals surface area (Å²) in [6.45, 7) is 5.34. The fourth-order valence-electron chi connectivity index (χ4n) is 2.89. The molecule has 0 spiro atoms. The van der Waals surface area contributed by atoms with Crippen LogP contribution in [0.15, 0.2) is 78.9 Å². The Labute approximate surface area is 194 Å². The highest BCUT2D eigenvalue weighted by Crippen LogP contribution is 2.17. The van der Waals surface area contributed by atoms with Crippen LogP contribution in [0.25, 0.3) is 0 Å². The lowest BCUT2D eigenvalue weighted by atomic mass is 10.2. The van der Waals surface area contributed by atoms with Gasteiger partial charge in [0, 0.05) is 17.7 Å². The molecular weight excluding hydrogens is 420 g/mol. The van der Waals surface area contributed by atoms with E-state index < -0.39 is 0 Å². The average Bonchev–Trinajstić information content (AvgIpc) is 2.79. The molecule has 6 heteroatoms. The van der Waals surface area contributed by atoms with E-state index in [1.54, 1.807) is 18.2 Å². The molecule has 3 aromatic rings. The Kier molecular flexibility index (Phi) is 8.63. The number of hydrogen-bond donors (Lipinski definition) is 2. The Morgan fingerprint density at radius 1 is 0.906 bits per heavy atom. The van der Waals surface area contributed by atoms with Gasteiger partial charge in [0.25, 0.3) is 5.91 Å². The Bertz CT molecular complexity index is 1020. The summed E-state index contributed by atoms with van der Waals surface area (Å²) in [5, 5.41) is 5.94. The summed E-state index contributed by atoms with van der Waals surface area (Å²) in [7, 11) is 0. The summed E-state index contributed by atoms with van der Waals surface area (Å²) in [5.41, 5.74) is 2.49. The van der Waals surface area contributed by atoms with Gasteiger partial charge in [-0.2, -0.15) is 0 Å². The lowest BCUT2D eigenvalue weighted by molar-refractivity contribution is 0.0977. The van der Waals surface area contributed by atoms with Gasteiger partial charge in [-0.25, -0.2) is 0 Å². The molecular formula is C26H28N2O3S. The fourth-order valence-corrected chi connectivity index (χ4v) is 3.10. The quantitative estimate of drug-likeness (QED) is 0.425. The molecule has 0 aliphatic rings. The minimum absolute atomic E-state index is 0.223. The highest BCUT2D eigenvalue weighted by atomic mass is 32.1. The van der Waals surface area contributed by atoms with Gasteiger partial charge in [0.15, 0.2) is 5.11 Å². The van der Waals surface area contributed by atoms with Crippen LogP contribution in [0.3, 0.4) is 0 Å². The number of anilines is 1. The van der Waals surface area contributed by atoms with E-state index in [9.17, 15) is 4.79 Å². The predicted molar refractivity (Wildman–Crippen MR) is 133 cm³/mol. The first-order valence-corrected chi connectivity index (χ1v) is 11.0. The molecule has 0 saturated carbocycles. The third-order valence-electron chi connectivity index (χ3n) is 4.52. The molecule has 0 aromatic heterocycles. The molecule has 0 radical (unpaired) electrons. The topological polar surface area (TPSA) is 59.6 Å². The second kappa shape index (κ2) is 11.9. The highest BCUT2D eigenvalue weighted by molar-refractivity contribution is 7.80. The van der Waals surface area contributed by atoms with Crippen LogP contribution in [0.1, 0.15) is 29.8 Å². The van der Waals surface area contributed by atoms with Crippen LogP contribution < -0.4 is 20.1 Å². The van der Waals surface area contributed by atoms with Crippen molar-refractivity contribution in [1.29, 1.82) is 0 Å². The van der Waals surface area contributed by atoms with Gasteiger partial charge in [-0.1, -0.05) is 50.2 Å². The van der Waals surface area contributed by atoms with Crippen molar-refractivity contribution in [1.82, 2.24) is 5.32 Å². The zero-order valence-corrected chi connectivity index (χ0v) is 19.2. The maximum atomic E-state index is 12.5. The zero-order valence-electron chi connectivity index (χ0n) is 18.3. The SMILES string of the molecule is CC(C)COc1cccc(C(=O)NC(=S)Nc2ccc(OCCc3ccccc3)cc2)c1. The van der Waals surface area contributed by atoms with Crippen molar-refractivity contribution in [3.8, 4) is 11.5 Å². The maximum absolute atomic E-state index is 12.5. The molecule has 0 atom stereocenters. The first-order valence-electron chi connectivity index (χ1n) is 10.6. The molecule has 0 aliphatic carbocycles. The number of hydrogen-bond acceptors (Lipinski definition) is 4. The number of carbonyl (C=O) groups excluding carboxylic acids is 1. The first-order chi connectivity index (χ1) is 15.5. The van der Waals surface area contributed by atoms with Crippen LogP contribution in [0.2, 0.25) is 0 Å². The molecule has 1 amide bonds. The van der Waals surface area contributed by atoms with E-state index in [0.717, 1.165) is 17.9 Å². The van der Waals surface area contributed by atoms with Crippen molar-refractivity contribution < 1.29 is 14.3 Å². The van der Waals surface area contributed by atoms with E-state index in [4.69, 9.17) is 21.7 Å². The first kappa shape index (κ1) is 23.3. The normalized spacial score (nSPS) is 10.5. The van der Waals surface area contributed by atoms with E-state index in [2.05, 4.69) is 36.6 Å². The third kappa shape index (κ3) is 7.71. The molecule has 3 rings (SSSR count). The second-order valence-corrected chi connectivity index (χ2v) is 8.16. The molecule has 166 valence electrons. The number of nitrogens with one attached hydrogen (secondary N) is 2. The van der Waals surface area contributed by atoms with Crippen molar-refractivity contribution >= 4 is 28.9 Å². The van der Waals surface area contributed by atoms with Gasteiger partial charge in [0.05, 0.1) is 13.2 Å². The third-order valence-corrected chi connectivity index (χ3v) is 4.73. The number of rotatable bonds is 9. The minimum Gasteiger partial charge on any atom is -0.493 e. The molecule has 2 N–H and O–H groups in total. The molecule has 0 heterocycles. The van der Waals surface area contributed by atoms with E-state index >= 15 is 0 Å². The summed E-state index contributed by atoms with van der Waals surface area (Å²) in [5.74, 6) is 1.55. The molecule has 3 aromatic carbocycles. The Morgan fingerprint density at radius 3 is 2.38 bits per heavy atom. The van der Waals surface area contributed by atoms with Gasteiger partial charge in [0.2, 0.25) is 0 Å². The minimum atomic E-state index is -0.293. The molecule has 0 unspecified atom stereocenters. The molecule has 0 fully saturated rings. The summed E-state index contributed by atoms with van der Waals surface area (Å²) in [4.78, 5) is 12.5. The van der Waals surface area contributed by atoms with Crippen LogP contribution in [-0.4, -0.2) is 24.2 Å². The Balaban J connectivity index is 1.46. The van der Waals surface area contributed by atoms with Gasteiger partial charge in [-0.3, -0.25) is 10.1 Å². The monoisotopic (exact) mass is 448 g/mol. The Hall–Kier alpha value is -3.38. The van der Waals surface area contributed by atoms with Crippen molar-refractivity contribution in [3.05, 3.63) is 90.0 Å². The van der Waals surface area contributed by atoms with E-state index in [1.807, 2.05) is 48.5 Å². The number of ether oxygens (including phenoxy) is 2. The highest BCUT2D eigenvalue weighted by Gasteiger charge is 2.10. The van der Waals surface area contributed by atoms with Crippen molar-refractivity contribution in [2.24, 2.45) is 5.92 Å². The van der Waals surface area contributed by atoms with Crippen LogP contribution in [0.5, 0.6) is 11.5 Å². The summed E-state index contributed by atoms with van der Waals surface area (Å²) < 4.78 is 11.5. The molecule has 32 heavy (non-hydrogen) atoms. The maximum Gasteiger partial charge on any atom is 0.257 e. The van der Waals surface area contributed by atoms with Gasteiger partial charge < -0.3 is 14.8 Å². The number of thiocarbonyl (C=S) groups is 1. The summed E-state index contributed by atoms with van der Waals surface area (Å²) in [6.07, 6.45) is 0.848. The van der Waals surface area contributed by atoms with Crippen LogP contribution in [-0.2, 0) is 6.42 Å². The zero-order chi connectivity index (χ0) is 22.8. The lowest BCUT2D eigenvalue weighted by Crippen LogP contribution is -2.34. The van der Waals surface area contributed by atoms with Crippen molar-refractivity contribution in [2.45, 2.75) is 20.3 Å². The number of carbonyl (C=O) groups is 1. The predicted octanol–water partition coefficient (Wildman–Crippen LogP) is 5.47. The smallest absolute Gasteiger partial charge is 0.257 e. The van der Waals surface area contributed by atoms with E-state index in [1.165, 1.54) is 5.56 Å². The van der Waals surface area contributed by atoms with E-state index in [-0.39, 0.29) is 11.0 Å².